The molecular weight excluding hydrogens is 273 g/mol. The van der Waals surface area contributed by atoms with Crippen molar-refractivity contribution in [3.05, 3.63) is 53.8 Å². The van der Waals surface area contributed by atoms with E-state index in [-0.39, 0.29) is 28.3 Å². The normalized spacial score (nSPS) is 10.7. The third kappa shape index (κ3) is 2.18. The molecule has 3 aromatic rings. The van der Waals surface area contributed by atoms with Crippen LogP contribution in [0.2, 0.25) is 0 Å². The molecule has 0 aliphatic carbocycles. The molecule has 104 valence electrons. The third-order valence-electron chi connectivity index (χ3n) is 3.22. The van der Waals surface area contributed by atoms with Crippen LogP contribution < -0.4 is 0 Å². The van der Waals surface area contributed by atoms with E-state index in [0.717, 1.165) is 0 Å². The van der Waals surface area contributed by atoms with Crippen LogP contribution in [0.15, 0.2) is 42.5 Å². The van der Waals surface area contributed by atoms with Crippen molar-refractivity contribution >= 4 is 17.2 Å². The molecule has 0 spiro atoms. The number of carbonyl (C=O) groups excluding carboxylic acids is 1. The predicted octanol–water partition coefficient (Wildman–Crippen LogP) is 3.26. The second kappa shape index (κ2) is 4.86. The number of benzene rings is 2. The van der Waals surface area contributed by atoms with E-state index in [1.807, 2.05) is 0 Å². The number of rotatable bonds is 2. The minimum absolute atomic E-state index is 0.191. The van der Waals surface area contributed by atoms with Gasteiger partial charge in [0.05, 0.1) is 16.6 Å². The molecule has 1 heterocycles. The first-order valence-corrected chi connectivity index (χ1v) is 6.17. The van der Waals surface area contributed by atoms with E-state index in [4.69, 9.17) is 0 Å². The average molecular weight is 283 g/mol. The van der Waals surface area contributed by atoms with Crippen molar-refractivity contribution in [2.24, 2.45) is 0 Å². The Morgan fingerprint density at radius 2 is 1.76 bits per heavy atom. The van der Waals surface area contributed by atoms with Crippen LogP contribution >= 0.6 is 0 Å². The fourth-order valence-electron chi connectivity index (χ4n) is 2.19. The molecule has 2 aromatic carbocycles. The monoisotopic (exact) mass is 283 g/mol. The highest BCUT2D eigenvalue weighted by atomic mass is 19.1. The summed E-state index contributed by atoms with van der Waals surface area (Å²) in [6.45, 7) is 0. The van der Waals surface area contributed by atoms with Crippen LogP contribution in [-0.4, -0.2) is 21.5 Å². The van der Waals surface area contributed by atoms with Crippen LogP contribution in [0.1, 0.15) is 10.4 Å². The summed E-state index contributed by atoms with van der Waals surface area (Å²) in [5.74, 6) is -1.06. The number of fused-ring (bicyclic) bond motifs is 1. The number of carbonyl (C=O) groups is 1. The lowest BCUT2D eigenvalue weighted by Gasteiger charge is -2.08. The molecule has 0 atom stereocenters. The Balaban J connectivity index is 2.30. The Bertz CT molecular complexity index is 844. The minimum atomic E-state index is -0.382. The first-order chi connectivity index (χ1) is 10.1. The molecule has 2 N–H and O–H groups in total. The largest absolute Gasteiger partial charge is 0.504 e. The smallest absolute Gasteiger partial charge is 0.167 e. The molecule has 0 fully saturated rings. The zero-order chi connectivity index (χ0) is 15.0. The second-order valence-corrected chi connectivity index (χ2v) is 4.55. The van der Waals surface area contributed by atoms with Gasteiger partial charge in [-0.15, -0.1) is 0 Å². The summed E-state index contributed by atoms with van der Waals surface area (Å²) in [6, 6.07) is 10.0. The Hall–Kier alpha value is -2.95. The van der Waals surface area contributed by atoms with Gasteiger partial charge >= 0.3 is 0 Å². The topological polar surface area (TPSA) is 70.4 Å². The highest BCUT2D eigenvalue weighted by Crippen LogP contribution is 2.36. The number of aldehydes is 1. The second-order valence-electron chi connectivity index (χ2n) is 4.55. The van der Waals surface area contributed by atoms with Crippen molar-refractivity contribution in [1.82, 2.24) is 4.98 Å². The van der Waals surface area contributed by atoms with Crippen LogP contribution in [-0.2, 0) is 0 Å². The highest BCUT2D eigenvalue weighted by molar-refractivity contribution is 6.02. The summed E-state index contributed by atoms with van der Waals surface area (Å²) in [6.07, 6.45) is 0.580. The van der Waals surface area contributed by atoms with Crippen molar-refractivity contribution in [3.8, 4) is 22.8 Å². The van der Waals surface area contributed by atoms with Crippen LogP contribution in [0.25, 0.3) is 22.2 Å². The molecule has 0 aliphatic rings. The van der Waals surface area contributed by atoms with E-state index in [0.29, 0.717) is 23.1 Å². The van der Waals surface area contributed by atoms with Crippen LogP contribution in [0, 0.1) is 5.82 Å². The molecule has 0 saturated carbocycles. The third-order valence-corrected chi connectivity index (χ3v) is 3.22. The zero-order valence-corrected chi connectivity index (χ0v) is 10.7. The van der Waals surface area contributed by atoms with E-state index >= 15 is 0 Å². The number of nitrogens with zero attached hydrogens (tertiary/aromatic N) is 1. The lowest BCUT2D eigenvalue weighted by atomic mass is 10.0. The molecule has 0 aliphatic heterocycles. The predicted molar refractivity (Wildman–Crippen MR) is 75.9 cm³/mol. The van der Waals surface area contributed by atoms with Crippen molar-refractivity contribution < 1.29 is 19.4 Å². The number of phenolic OH excluding ortho intramolecular Hbond substituents is 2. The molecule has 3 rings (SSSR count). The Morgan fingerprint density at radius 3 is 2.43 bits per heavy atom. The number of aromatic nitrogens is 1. The van der Waals surface area contributed by atoms with E-state index < -0.39 is 0 Å². The lowest BCUT2D eigenvalue weighted by Crippen LogP contribution is -1.92. The van der Waals surface area contributed by atoms with Gasteiger partial charge in [-0.3, -0.25) is 4.79 Å². The first-order valence-electron chi connectivity index (χ1n) is 6.17. The van der Waals surface area contributed by atoms with E-state index in [1.165, 1.54) is 30.3 Å². The molecule has 0 unspecified atom stereocenters. The van der Waals surface area contributed by atoms with Crippen molar-refractivity contribution in [3.63, 3.8) is 0 Å². The number of pyridine rings is 1. The fourth-order valence-corrected chi connectivity index (χ4v) is 2.19. The van der Waals surface area contributed by atoms with Crippen LogP contribution in [0.4, 0.5) is 4.39 Å². The summed E-state index contributed by atoms with van der Waals surface area (Å²) in [7, 11) is 0. The van der Waals surface area contributed by atoms with Gasteiger partial charge in [0.1, 0.15) is 5.82 Å². The van der Waals surface area contributed by atoms with Gasteiger partial charge in [-0.1, -0.05) is 0 Å². The number of hydrogen-bond donors (Lipinski definition) is 2. The average Bonchev–Trinajstić information content (AvgIpc) is 2.50. The quantitative estimate of drug-likeness (QED) is 0.559. The molecule has 0 radical (unpaired) electrons. The summed E-state index contributed by atoms with van der Waals surface area (Å²) in [5, 5.41) is 19.6. The van der Waals surface area contributed by atoms with Gasteiger partial charge in [-0.05, 0) is 42.5 Å². The van der Waals surface area contributed by atoms with Crippen LogP contribution in [0.5, 0.6) is 11.5 Å². The SMILES string of the molecule is O=Cc1cc(-c2ccc(F)cc2)nc2ccc(O)c(O)c12. The summed E-state index contributed by atoms with van der Waals surface area (Å²) in [5.41, 5.74) is 1.70. The number of halogens is 1. The van der Waals surface area contributed by atoms with Gasteiger partial charge in [0.2, 0.25) is 0 Å². The Morgan fingerprint density at radius 1 is 1.05 bits per heavy atom. The van der Waals surface area contributed by atoms with Crippen LogP contribution in [0.3, 0.4) is 0 Å². The maximum absolute atomic E-state index is 13.0. The van der Waals surface area contributed by atoms with E-state index in [2.05, 4.69) is 4.98 Å². The number of hydrogen-bond acceptors (Lipinski definition) is 4. The van der Waals surface area contributed by atoms with E-state index in [1.54, 1.807) is 12.1 Å². The maximum atomic E-state index is 13.0. The van der Waals surface area contributed by atoms with Gasteiger partial charge in [-0.25, -0.2) is 9.37 Å². The standard InChI is InChI=1S/C16H10FNO3/c17-11-3-1-9(2-4-11)13-7-10(8-19)15-12(18-13)5-6-14(20)16(15)21/h1-8,20-21H. The molecule has 0 amide bonds. The number of phenols is 2. The Labute approximate surface area is 119 Å². The zero-order valence-electron chi connectivity index (χ0n) is 10.7. The maximum Gasteiger partial charge on any atom is 0.167 e. The summed E-state index contributed by atoms with van der Waals surface area (Å²) in [4.78, 5) is 15.6. The molecule has 5 heteroatoms. The van der Waals surface area contributed by atoms with Crippen molar-refractivity contribution in [2.75, 3.05) is 0 Å². The molecule has 0 saturated heterocycles. The van der Waals surface area contributed by atoms with Crippen molar-refractivity contribution in [2.45, 2.75) is 0 Å². The molecular formula is C16H10FNO3. The van der Waals surface area contributed by atoms with Gasteiger partial charge < -0.3 is 10.2 Å². The minimum Gasteiger partial charge on any atom is -0.504 e. The summed E-state index contributed by atoms with van der Waals surface area (Å²) < 4.78 is 13.0. The van der Waals surface area contributed by atoms with Gasteiger partial charge in [0, 0.05) is 11.1 Å². The summed E-state index contributed by atoms with van der Waals surface area (Å²) >= 11 is 0. The van der Waals surface area contributed by atoms with Crippen molar-refractivity contribution in [1.29, 1.82) is 0 Å². The van der Waals surface area contributed by atoms with Gasteiger partial charge in [-0.2, -0.15) is 0 Å². The molecule has 0 bridgehead atoms. The Kier molecular flexibility index (Phi) is 3.02. The molecule has 1 aromatic heterocycles. The molecule has 4 nitrogen and oxygen atoms in total. The fraction of sp³-hybridized carbons (Fsp3) is 0. The molecule has 21 heavy (non-hydrogen) atoms. The first kappa shape index (κ1) is 13.1. The highest BCUT2D eigenvalue weighted by Gasteiger charge is 2.13. The van der Waals surface area contributed by atoms with Gasteiger partial charge in [0.15, 0.2) is 17.8 Å². The lowest BCUT2D eigenvalue weighted by molar-refractivity contribution is 0.112. The van der Waals surface area contributed by atoms with E-state index in [9.17, 15) is 19.4 Å². The number of aromatic hydroxyl groups is 2. The van der Waals surface area contributed by atoms with Gasteiger partial charge in [0.25, 0.3) is 0 Å².